The molecule has 0 aliphatic carbocycles. The van der Waals surface area contributed by atoms with E-state index < -0.39 is 0 Å². The fourth-order valence-corrected chi connectivity index (χ4v) is 0.869. The summed E-state index contributed by atoms with van der Waals surface area (Å²) in [6, 6.07) is 8.52. The van der Waals surface area contributed by atoms with Crippen molar-refractivity contribution in [2.45, 2.75) is 19.8 Å². The van der Waals surface area contributed by atoms with Crippen LogP contribution in [0.4, 0.5) is 0 Å². The Balaban J connectivity index is 0.000000640. The summed E-state index contributed by atoms with van der Waals surface area (Å²) in [6.45, 7) is 2.20. The maximum absolute atomic E-state index is 2.20. The minimum Gasteiger partial charge on any atom is -0.211 e. The van der Waals surface area contributed by atoms with Gasteiger partial charge in [0.1, 0.15) is 0 Å². The third kappa shape index (κ3) is 2.78. The van der Waals surface area contributed by atoms with E-state index in [0.29, 0.717) is 0 Å². The third-order valence-corrected chi connectivity index (χ3v) is 1.27. The minimum absolute atomic E-state index is 0. The van der Waals surface area contributed by atoms with Crippen molar-refractivity contribution in [2.75, 3.05) is 0 Å². The molecule has 1 heteroatoms. The van der Waals surface area contributed by atoms with Gasteiger partial charge in [-0.15, -0.1) is 0 Å². The molecule has 0 heterocycles. The zero-order chi connectivity index (χ0) is 5.82. The molecule has 0 bridgehead atoms. The Hall–Kier alpha value is -0.131. The van der Waals surface area contributed by atoms with E-state index in [0.717, 1.165) is 0 Å². The van der Waals surface area contributed by atoms with Crippen molar-refractivity contribution in [3.05, 3.63) is 29.8 Å². The fourth-order valence-electron chi connectivity index (χ4n) is 0.869. The van der Waals surface area contributed by atoms with Crippen LogP contribution in [0.3, 0.4) is 0 Å². The van der Waals surface area contributed by atoms with E-state index in [1.54, 1.807) is 0 Å². The molecule has 0 radical (unpaired) electrons. The first-order chi connectivity index (χ1) is 3.93. The Morgan fingerprint density at radius 1 is 1.56 bits per heavy atom. The molecule has 0 amide bonds. The van der Waals surface area contributed by atoms with Crippen LogP contribution in [0.15, 0.2) is 24.3 Å². The van der Waals surface area contributed by atoms with E-state index in [1.165, 1.54) is 18.4 Å². The molecule has 0 aromatic heterocycles. The predicted octanol–water partition coefficient (Wildman–Crippen LogP) is 2.36. The first-order valence-electron chi connectivity index (χ1n) is 3.14. The van der Waals surface area contributed by atoms with Gasteiger partial charge >= 0.3 is 0 Å². The standard InChI is InChI=1S/C8H11.Fe/c1-2-5-8-6-3-4-7-8;/h3-4,6-7H,2,5H2,1H3;/q-1;. The summed E-state index contributed by atoms with van der Waals surface area (Å²) in [5.41, 5.74) is 1.47. The van der Waals surface area contributed by atoms with E-state index in [1.807, 2.05) is 0 Å². The van der Waals surface area contributed by atoms with Gasteiger partial charge in [0.05, 0.1) is 0 Å². The SMILES string of the molecule is CCCc1cc[cH-]c1.[Fe]. The summed E-state index contributed by atoms with van der Waals surface area (Å²) >= 11 is 0. The van der Waals surface area contributed by atoms with Crippen molar-refractivity contribution in [1.29, 1.82) is 0 Å². The molecule has 0 spiro atoms. The second-order valence-corrected chi connectivity index (χ2v) is 2.04. The molecule has 52 valence electrons. The van der Waals surface area contributed by atoms with Crippen molar-refractivity contribution in [3.8, 4) is 0 Å². The van der Waals surface area contributed by atoms with Gasteiger partial charge in [0.25, 0.3) is 0 Å². The van der Waals surface area contributed by atoms with Crippen LogP contribution in [-0.2, 0) is 23.5 Å². The van der Waals surface area contributed by atoms with Gasteiger partial charge in [-0.3, -0.25) is 0 Å². The second-order valence-electron chi connectivity index (χ2n) is 2.04. The van der Waals surface area contributed by atoms with Crippen molar-refractivity contribution in [1.82, 2.24) is 0 Å². The van der Waals surface area contributed by atoms with Crippen LogP contribution < -0.4 is 0 Å². The topological polar surface area (TPSA) is 0 Å². The van der Waals surface area contributed by atoms with E-state index in [2.05, 4.69) is 31.2 Å². The minimum atomic E-state index is 0. The summed E-state index contributed by atoms with van der Waals surface area (Å²) in [7, 11) is 0. The summed E-state index contributed by atoms with van der Waals surface area (Å²) in [4.78, 5) is 0. The zero-order valence-electron chi connectivity index (χ0n) is 5.58. The van der Waals surface area contributed by atoms with E-state index in [4.69, 9.17) is 0 Å². The monoisotopic (exact) mass is 163 g/mol. The molecule has 1 aromatic carbocycles. The molecule has 0 fully saturated rings. The van der Waals surface area contributed by atoms with E-state index in [-0.39, 0.29) is 17.1 Å². The van der Waals surface area contributed by atoms with Crippen LogP contribution in [-0.4, -0.2) is 0 Å². The second kappa shape index (κ2) is 4.72. The molecular weight excluding hydrogens is 152 g/mol. The van der Waals surface area contributed by atoms with Crippen LogP contribution in [0, 0.1) is 0 Å². The molecule has 0 N–H and O–H groups in total. The predicted molar refractivity (Wildman–Crippen MR) is 36.0 cm³/mol. The summed E-state index contributed by atoms with van der Waals surface area (Å²) < 4.78 is 0. The van der Waals surface area contributed by atoms with Crippen molar-refractivity contribution >= 4 is 0 Å². The molecule has 0 aliphatic heterocycles. The van der Waals surface area contributed by atoms with Crippen molar-refractivity contribution in [2.24, 2.45) is 0 Å². The van der Waals surface area contributed by atoms with Gasteiger partial charge in [-0.25, -0.2) is 6.07 Å². The average molecular weight is 163 g/mol. The molecule has 0 saturated heterocycles. The maximum Gasteiger partial charge on any atom is 0 e. The molecule has 0 atom stereocenters. The first kappa shape index (κ1) is 8.87. The number of hydrogen-bond donors (Lipinski definition) is 0. The van der Waals surface area contributed by atoms with Gasteiger partial charge in [-0.05, 0) is 0 Å². The van der Waals surface area contributed by atoms with Gasteiger partial charge in [0, 0.05) is 17.1 Å². The molecule has 1 rings (SSSR count). The maximum atomic E-state index is 2.20. The molecule has 1 aromatic rings. The molecule has 0 saturated carbocycles. The zero-order valence-corrected chi connectivity index (χ0v) is 6.68. The average Bonchev–Trinajstić information content (AvgIpc) is 2.19. The van der Waals surface area contributed by atoms with Gasteiger partial charge in [-0.1, -0.05) is 19.8 Å². The largest absolute Gasteiger partial charge is 0.211 e. The van der Waals surface area contributed by atoms with Crippen LogP contribution in [0.5, 0.6) is 0 Å². The molecule has 9 heavy (non-hydrogen) atoms. The number of hydrogen-bond acceptors (Lipinski definition) is 0. The van der Waals surface area contributed by atoms with E-state index >= 15 is 0 Å². The summed E-state index contributed by atoms with van der Waals surface area (Å²) in [5, 5.41) is 0. The van der Waals surface area contributed by atoms with Crippen LogP contribution in [0.2, 0.25) is 0 Å². The van der Waals surface area contributed by atoms with Gasteiger partial charge in [0.2, 0.25) is 0 Å². The normalized spacial score (nSPS) is 8.56. The smallest absolute Gasteiger partial charge is 0 e. The Bertz CT molecular complexity index is 130. The van der Waals surface area contributed by atoms with Gasteiger partial charge in [0.15, 0.2) is 0 Å². The van der Waals surface area contributed by atoms with Crippen molar-refractivity contribution < 1.29 is 17.1 Å². The van der Waals surface area contributed by atoms with E-state index in [9.17, 15) is 0 Å². The Morgan fingerprint density at radius 2 is 2.33 bits per heavy atom. The summed E-state index contributed by atoms with van der Waals surface area (Å²) in [5.74, 6) is 0. The van der Waals surface area contributed by atoms with Crippen LogP contribution >= 0.6 is 0 Å². The Labute approximate surface area is 67.1 Å². The Kier molecular flexibility index (Phi) is 4.65. The molecule has 0 nitrogen and oxygen atoms in total. The van der Waals surface area contributed by atoms with Crippen molar-refractivity contribution in [3.63, 3.8) is 0 Å². The van der Waals surface area contributed by atoms with Gasteiger partial charge in [-0.2, -0.15) is 23.8 Å². The number of aryl methyl sites for hydroxylation is 1. The summed E-state index contributed by atoms with van der Waals surface area (Å²) in [6.07, 6.45) is 2.48. The third-order valence-electron chi connectivity index (χ3n) is 1.27. The molecule has 0 unspecified atom stereocenters. The quantitative estimate of drug-likeness (QED) is 0.463. The van der Waals surface area contributed by atoms with Gasteiger partial charge < -0.3 is 0 Å². The van der Waals surface area contributed by atoms with Crippen LogP contribution in [0.25, 0.3) is 0 Å². The fraction of sp³-hybridized carbons (Fsp3) is 0.375. The number of rotatable bonds is 2. The molecule has 0 aliphatic rings. The van der Waals surface area contributed by atoms with Crippen LogP contribution in [0.1, 0.15) is 18.9 Å². The first-order valence-corrected chi connectivity index (χ1v) is 3.14. The Morgan fingerprint density at radius 3 is 2.78 bits per heavy atom. The molecular formula is C8H11Fe-.